The van der Waals surface area contributed by atoms with E-state index in [1.807, 2.05) is 23.9 Å². The van der Waals surface area contributed by atoms with E-state index in [-0.39, 0.29) is 36.2 Å². The Balaban J connectivity index is 1.49. The number of amides is 2. The van der Waals surface area contributed by atoms with Crippen LogP contribution in [-0.2, 0) is 9.53 Å². The summed E-state index contributed by atoms with van der Waals surface area (Å²) in [5, 5.41) is 19.3. The topological polar surface area (TPSA) is 105 Å². The van der Waals surface area contributed by atoms with Crippen LogP contribution in [0.1, 0.15) is 45.1 Å². The van der Waals surface area contributed by atoms with Crippen LogP contribution in [-0.4, -0.2) is 51.7 Å². The standard InChI is InChI=1S/C17H26N4O4/c1-2-25-14-10-13(15(14)21-9-3-8-18-21)20-17(24)19-12-6-4-11(5-7-12)16(22)23/h3,8-9,11-15H,2,4-7,10H2,1H3,(H,22,23)(H2,19,20,24). The van der Waals surface area contributed by atoms with Gasteiger partial charge < -0.3 is 20.5 Å². The molecule has 2 aliphatic carbocycles. The van der Waals surface area contributed by atoms with Crippen molar-refractivity contribution < 1.29 is 19.4 Å². The van der Waals surface area contributed by atoms with Crippen molar-refractivity contribution in [2.75, 3.05) is 6.61 Å². The summed E-state index contributed by atoms with van der Waals surface area (Å²) in [6.07, 6.45) is 7.07. The number of nitrogens with zero attached hydrogens (tertiary/aromatic N) is 2. The molecule has 3 unspecified atom stereocenters. The van der Waals surface area contributed by atoms with Gasteiger partial charge in [-0.3, -0.25) is 9.48 Å². The zero-order valence-corrected chi connectivity index (χ0v) is 14.4. The monoisotopic (exact) mass is 350 g/mol. The van der Waals surface area contributed by atoms with Gasteiger partial charge in [-0.15, -0.1) is 0 Å². The van der Waals surface area contributed by atoms with Crippen LogP contribution in [0.15, 0.2) is 18.5 Å². The molecule has 0 bridgehead atoms. The van der Waals surface area contributed by atoms with Gasteiger partial charge in [0.2, 0.25) is 0 Å². The predicted octanol–water partition coefficient (Wildman–Crippen LogP) is 1.54. The van der Waals surface area contributed by atoms with E-state index in [0.29, 0.717) is 32.3 Å². The van der Waals surface area contributed by atoms with E-state index in [1.54, 1.807) is 6.20 Å². The molecule has 0 aromatic carbocycles. The number of hydrogen-bond donors (Lipinski definition) is 3. The lowest BCUT2D eigenvalue weighted by atomic mass is 9.82. The number of aliphatic carboxylic acids is 1. The van der Waals surface area contributed by atoms with Crippen LogP contribution in [0.25, 0.3) is 0 Å². The van der Waals surface area contributed by atoms with E-state index in [9.17, 15) is 9.59 Å². The molecule has 3 N–H and O–H groups in total. The number of ether oxygens (including phenoxy) is 1. The molecule has 2 saturated carbocycles. The highest BCUT2D eigenvalue weighted by molar-refractivity contribution is 5.75. The number of nitrogens with one attached hydrogen (secondary N) is 2. The summed E-state index contributed by atoms with van der Waals surface area (Å²) in [6.45, 7) is 2.59. The fraction of sp³-hybridized carbons (Fsp3) is 0.706. The number of aromatic nitrogens is 2. The van der Waals surface area contributed by atoms with Gasteiger partial charge in [0.05, 0.1) is 24.1 Å². The van der Waals surface area contributed by atoms with Crippen molar-refractivity contribution >= 4 is 12.0 Å². The second kappa shape index (κ2) is 7.86. The molecular weight excluding hydrogens is 324 g/mol. The first-order valence-electron chi connectivity index (χ1n) is 8.99. The SMILES string of the molecule is CCOC1CC(NC(=O)NC2CCC(C(=O)O)CC2)C1n1cccn1. The largest absolute Gasteiger partial charge is 0.481 e. The summed E-state index contributed by atoms with van der Waals surface area (Å²) < 4.78 is 7.56. The molecule has 0 saturated heterocycles. The summed E-state index contributed by atoms with van der Waals surface area (Å²) in [5.74, 6) is -1.01. The molecule has 1 heterocycles. The summed E-state index contributed by atoms with van der Waals surface area (Å²) in [7, 11) is 0. The van der Waals surface area contributed by atoms with Gasteiger partial charge in [0.15, 0.2) is 0 Å². The van der Waals surface area contributed by atoms with Crippen LogP contribution in [0.2, 0.25) is 0 Å². The number of rotatable bonds is 6. The zero-order chi connectivity index (χ0) is 17.8. The Morgan fingerprint density at radius 1 is 1.28 bits per heavy atom. The maximum absolute atomic E-state index is 12.3. The molecule has 8 heteroatoms. The third-order valence-corrected chi connectivity index (χ3v) is 5.22. The highest BCUT2D eigenvalue weighted by atomic mass is 16.5. The molecule has 138 valence electrons. The van der Waals surface area contributed by atoms with Gasteiger partial charge >= 0.3 is 12.0 Å². The minimum absolute atomic E-state index is 0.00319. The van der Waals surface area contributed by atoms with E-state index >= 15 is 0 Å². The molecule has 2 amide bonds. The number of carbonyl (C=O) groups excluding carboxylic acids is 1. The van der Waals surface area contributed by atoms with Crippen molar-refractivity contribution in [1.29, 1.82) is 0 Å². The Bertz CT molecular complexity index is 583. The van der Waals surface area contributed by atoms with Crippen LogP contribution in [0.5, 0.6) is 0 Å². The lowest BCUT2D eigenvalue weighted by molar-refractivity contribution is -0.142. The van der Waals surface area contributed by atoms with E-state index in [0.717, 1.165) is 6.42 Å². The van der Waals surface area contributed by atoms with E-state index in [2.05, 4.69) is 15.7 Å². The van der Waals surface area contributed by atoms with Crippen LogP contribution in [0.3, 0.4) is 0 Å². The first kappa shape index (κ1) is 17.7. The normalized spacial score (nSPS) is 31.8. The highest BCUT2D eigenvalue weighted by Gasteiger charge is 2.44. The quantitative estimate of drug-likeness (QED) is 0.722. The fourth-order valence-corrected chi connectivity index (χ4v) is 3.81. The van der Waals surface area contributed by atoms with Crippen LogP contribution < -0.4 is 10.6 Å². The number of urea groups is 1. The Morgan fingerprint density at radius 2 is 2.04 bits per heavy atom. The average molecular weight is 350 g/mol. The molecule has 0 radical (unpaired) electrons. The third-order valence-electron chi connectivity index (χ3n) is 5.22. The van der Waals surface area contributed by atoms with Crippen LogP contribution in [0.4, 0.5) is 4.79 Å². The van der Waals surface area contributed by atoms with Gasteiger partial charge in [0.25, 0.3) is 0 Å². The second-order valence-corrected chi connectivity index (χ2v) is 6.82. The molecule has 25 heavy (non-hydrogen) atoms. The van der Waals surface area contributed by atoms with Crippen molar-refractivity contribution in [3.8, 4) is 0 Å². The second-order valence-electron chi connectivity index (χ2n) is 6.82. The number of carbonyl (C=O) groups is 2. The summed E-state index contributed by atoms with van der Waals surface area (Å²) >= 11 is 0. The lowest BCUT2D eigenvalue weighted by Crippen LogP contribution is -2.59. The van der Waals surface area contributed by atoms with Gasteiger partial charge in [-0.1, -0.05) is 0 Å². The molecule has 3 atom stereocenters. The molecule has 0 aliphatic heterocycles. The molecule has 2 aliphatic rings. The van der Waals surface area contributed by atoms with Crippen molar-refractivity contribution in [3.63, 3.8) is 0 Å². The molecule has 0 spiro atoms. The molecule has 8 nitrogen and oxygen atoms in total. The molecular formula is C17H26N4O4. The van der Waals surface area contributed by atoms with Crippen molar-refractivity contribution in [2.24, 2.45) is 5.92 Å². The molecule has 1 aromatic heterocycles. The first-order chi connectivity index (χ1) is 12.1. The average Bonchev–Trinajstić information content (AvgIpc) is 3.07. The van der Waals surface area contributed by atoms with E-state index < -0.39 is 5.97 Å². The number of hydrogen-bond acceptors (Lipinski definition) is 4. The number of carboxylic acid groups (broad SMARTS) is 1. The van der Waals surface area contributed by atoms with Gasteiger partial charge in [0, 0.05) is 25.0 Å². The highest BCUT2D eigenvalue weighted by Crippen LogP contribution is 2.35. The minimum Gasteiger partial charge on any atom is -0.481 e. The van der Waals surface area contributed by atoms with E-state index in [1.165, 1.54) is 0 Å². The summed E-state index contributed by atoms with van der Waals surface area (Å²) in [6, 6.07) is 1.69. The Hall–Kier alpha value is -2.09. The van der Waals surface area contributed by atoms with Gasteiger partial charge in [-0.25, -0.2) is 4.79 Å². The molecule has 2 fully saturated rings. The predicted molar refractivity (Wildman–Crippen MR) is 90.1 cm³/mol. The van der Waals surface area contributed by atoms with Gasteiger partial charge in [-0.2, -0.15) is 5.10 Å². The maximum Gasteiger partial charge on any atom is 0.315 e. The molecule has 3 rings (SSSR count). The fourth-order valence-electron chi connectivity index (χ4n) is 3.81. The minimum atomic E-state index is -0.735. The third kappa shape index (κ3) is 4.12. The number of carboxylic acids is 1. The van der Waals surface area contributed by atoms with Crippen molar-refractivity contribution in [2.45, 2.75) is 63.3 Å². The van der Waals surface area contributed by atoms with Crippen LogP contribution in [0, 0.1) is 5.92 Å². The molecule has 1 aromatic rings. The van der Waals surface area contributed by atoms with Crippen molar-refractivity contribution in [1.82, 2.24) is 20.4 Å². The summed E-state index contributed by atoms with van der Waals surface area (Å²) in [5.41, 5.74) is 0. The Kier molecular flexibility index (Phi) is 5.57. The Morgan fingerprint density at radius 3 is 2.64 bits per heavy atom. The van der Waals surface area contributed by atoms with Gasteiger partial charge in [0.1, 0.15) is 0 Å². The van der Waals surface area contributed by atoms with Crippen LogP contribution >= 0.6 is 0 Å². The maximum atomic E-state index is 12.3. The Labute approximate surface area is 146 Å². The summed E-state index contributed by atoms with van der Waals surface area (Å²) in [4.78, 5) is 23.3. The smallest absolute Gasteiger partial charge is 0.315 e. The van der Waals surface area contributed by atoms with E-state index in [4.69, 9.17) is 9.84 Å². The van der Waals surface area contributed by atoms with Crippen molar-refractivity contribution in [3.05, 3.63) is 18.5 Å². The van der Waals surface area contributed by atoms with Gasteiger partial charge in [-0.05, 0) is 45.1 Å². The lowest BCUT2D eigenvalue weighted by Gasteiger charge is -2.44. The first-order valence-corrected chi connectivity index (χ1v) is 8.99. The zero-order valence-electron chi connectivity index (χ0n) is 14.4.